The quantitative estimate of drug-likeness (QED) is 0.890. The van der Waals surface area contributed by atoms with Gasteiger partial charge in [-0.3, -0.25) is 4.98 Å². The minimum Gasteiger partial charge on any atom is -0.355 e. The van der Waals surface area contributed by atoms with E-state index in [-0.39, 0.29) is 0 Å². The van der Waals surface area contributed by atoms with Crippen molar-refractivity contribution in [3.8, 4) is 0 Å². The molecule has 0 radical (unpaired) electrons. The highest BCUT2D eigenvalue weighted by molar-refractivity contribution is 5.36. The fourth-order valence-electron chi connectivity index (χ4n) is 3.49. The lowest BCUT2D eigenvalue weighted by atomic mass is 9.96. The molecule has 0 aliphatic carbocycles. The van der Waals surface area contributed by atoms with E-state index in [0.29, 0.717) is 0 Å². The Balaban J connectivity index is 1.51. The van der Waals surface area contributed by atoms with Gasteiger partial charge in [0.15, 0.2) is 0 Å². The highest BCUT2D eigenvalue weighted by atomic mass is 15.2. The highest BCUT2D eigenvalue weighted by Gasteiger charge is 2.23. The molecule has 0 saturated carbocycles. The first kappa shape index (κ1) is 14.7. The van der Waals surface area contributed by atoms with Gasteiger partial charge in [0, 0.05) is 32.4 Å². The smallest absolute Gasteiger partial charge is 0.147 e. The molecule has 2 aliphatic rings. The predicted octanol–water partition coefficient (Wildman–Crippen LogP) is 1.51. The van der Waals surface area contributed by atoms with Gasteiger partial charge in [0.05, 0.1) is 11.9 Å². The number of likely N-dealkylation sites (tertiary alicyclic amines) is 1. The van der Waals surface area contributed by atoms with E-state index >= 15 is 0 Å². The Kier molecular flexibility index (Phi) is 5.04. The second-order valence-corrected chi connectivity index (χ2v) is 6.34. The topological polar surface area (TPSA) is 44.3 Å². The molecule has 21 heavy (non-hydrogen) atoms. The molecular formula is C16H27N5. The van der Waals surface area contributed by atoms with Crippen LogP contribution in [0.1, 0.15) is 31.4 Å². The van der Waals surface area contributed by atoms with Gasteiger partial charge < -0.3 is 15.1 Å². The van der Waals surface area contributed by atoms with Crippen molar-refractivity contribution in [3.05, 3.63) is 18.1 Å². The van der Waals surface area contributed by atoms with Gasteiger partial charge in [0.25, 0.3) is 0 Å². The molecule has 3 rings (SSSR count). The van der Waals surface area contributed by atoms with E-state index in [4.69, 9.17) is 4.98 Å². The second kappa shape index (κ2) is 7.18. The third-order valence-corrected chi connectivity index (χ3v) is 4.68. The summed E-state index contributed by atoms with van der Waals surface area (Å²) in [4.78, 5) is 14.1. The SMILES string of the molecule is CNCc1cncc(N2CCC(CN3CCCC3)CC2)n1. The van der Waals surface area contributed by atoms with E-state index in [9.17, 15) is 0 Å². The molecule has 5 heteroatoms. The Hall–Kier alpha value is -1.20. The summed E-state index contributed by atoms with van der Waals surface area (Å²) >= 11 is 0. The number of hydrogen-bond acceptors (Lipinski definition) is 5. The number of rotatable bonds is 5. The number of piperidine rings is 1. The molecule has 1 N–H and O–H groups in total. The second-order valence-electron chi connectivity index (χ2n) is 6.34. The van der Waals surface area contributed by atoms with Crippen molar-refractivity contribution in [1.82, 2.24) is 20.2 Å². The van der Waals surface area contributed by atoms with Crippen molar-refractivity contribution < 1.29 is 0 Å². The summed E-state index contributed by atoms with van der Waals surface area (Å²) in [7, 11) is 1.94. The fraction of sp³-hybridized carbons (Fsp3) is 0.750. The average molecular weight is 289 g/mol. The summed E-state index contributed by atoms with van der Waals surface area (Å²) in [5.41, 5.74) is 1.02. The van der Waals surface area contributed by atoms with Gasteiger partial charge in [-0.2, -0.15) is 0 Å². The van der Waals surface area contributed by atoms with Crippen molar-refractivity contribution in [2.45, 2.75) is 32.2 Å². The normalized spacial score (nSPS) is 21.1. The van der Waals surface area contributed by atoms with Crippen LogP contribution in [-0.2, 0) is 6.54 Å². The fourth-order valence-corrected chi connectivity index (χ4v) is 3.49. The maximum Gasteiger partial charge on any atom is 0.147 e. The van der Waals surface area contributed by atoms with Crippen LogP contribution < -0.4 is 10.2 Å². The van der Waals surface area contributed by atoms with E-state index in [1.165, 1.54) is 45.3 Å². The number of nitrogens with zero attached hydrogens (tertiary/aromatic N) is 4. The Labute approximate surface area is 127 Å². The Morgan fingerprint density at radius 3 is 2.62 bits per heavy atom. The summed E-state index contributed by atoms with van der Waals surface area (Å²) in [6.45, 7) is 6.97. The van der Waals surface area contributed by atoms with Crippen LogP contribution in [0.25, 0.3) is 0 Å². The zero-order valence-corrected chi connectivity index (χ0v) is 13.1. The molecule has 3 heterocycles. The van der Waals surface area contributed by atoms with Crippen LogP contribution in [0.3, 0.4) is 0 Å². The third-order valence-electron chi connectivity index (χ3n) is 4.68. The summed E-state index contributed by atoms with van der Waals surface area (Å²) in [6, 6.07) is 0. The van der Waals surface area contributed by atoms with Crippen molar-refractivity contribution in [1.29, 1.82) is 0 Å². The summed E-state index contributed by atoms with van der Waals surface area (Å²) in [5.74, 6) is 1.91. The lowest BCUT2D eigenvalue weighted by Crippen LogP contribution is -2.38. The number of aromatic nitrogens is 2. The molecule has 1 aromatic heterocycles. The number of hydrogen-bond donors (Lipinski definition) is 1. The largest absolute Gasteiger partial charge is 0.355 e. The van der Waals surface area contributed by atoms with Crippen LogP contribution in [0.4, 0.5) is 5.82 Å². The van der Waals surface area contributed by atoms with E-state index in [0.717, 1.165) is 37.1 Å². The lowest BCUT2D eigenvalue weighted by molar-refractivity contribution is 0.249. The average Bonchev–Trinajstić information content (AvgIpc) is 3.02. The van der Waals surface area contributed by atoms with Gasteiger partial charge in [-0.25, -0.2) is 4.98 Å². The molecule has 0 amide bonds. The van der Waals surface area contributed by atoms with E-state index in [1.54, 1.807) is 0 Å². The molecule has 2 aliphatic heterocycles. The van der Waals surface area contributed by atoms with Gasteiger partial charge in [-0.1, -0.05) is 0 Å². The Morgan fingerprint density at radius 2 is 1.90 bits per heavy atom. The number of nitrogens with one attached hydrogen (secondary N) is 1. The molecular weight excluding hydrogens is 262 g/mol. The van der Waals surface area contributed by atoms with Crippen molar-refractivity contribution in [2.75, 3.05) is 44.7 Å². The Morgan fingerprint density at radius 1 is 1.14 bits per heavy atom. The molecule has 0 unspecified atom stereocenters. The van der Waals surface area contributed by atoms with Crippen molar-refractivity contribution >= 4 is 5.82 Å². The van der Waals surface area contributed by atoms with Crippen LogP contribution >= 0.6 is 0 Å². The van der Waals surface area contributed by atoms with Gasteiger partial charge in [-0.05, 0) is 51.7 Å². The molecule has 2 saturated heterocycles. The highest BCUT2D eigenvalue weighted by Crippen LogP contribution is 2.23. The summed E-state index contributed by atoms with van der Waals surface area (Å²) < 4.78 is 0. The minimum atomic E-state index is 0.784. The van der Waals surface area contributed by atoms with Crippen LogP contribution in [0.5, 0.6) is 0 Å². The molecule has 1 aromatic rings. The first-order valence-electron chi connectivity index (χ1n) is 8.28. The van der Waals surface area contributed by atoms with E-state index < -0.39 is 0 Å². The van der Waals surface area contributed by atoms with Gasteiger partial charge in [-0.15, -0.1) is 0 Å². The zero-order valence-electron chi connectivity index (χ0n) is 13.1. The first-order chi connectivity index (χ1) is 10.3. The van der Waals surface area contributed by atoms with E-state index in [2.05, 4.69) is 20.1 Å². The molecule has 0 spiro atoms. The maximum absolute atomic E-state index is 4.70. The minimum absolute atomic E-state index is 0.784. The molecule has 0 atom stereocenters. The molecule has 2 fully saturated rings. The van der Waals surface area contributed by atoms with Gasteiger partial charge in [0.2, 0.25) is 0 Å². The third kappa shape index (κ3) is 3.92. The lowest BCUT2D eigenvalue weighted by Gasteiger charge is -2.34. The monoisotopic (exact) mass is 289 g/mol. The van der Waals surface area contributed by atoms with Crippen molar-refractivity contribution in [3.63, 3.8) is 0 Å². The van der Waals surface area contributed by atoms with Crippen LogP contribution in [0.2, 0.25) is 0 Å². The standard InChI is InChI=1S/C16H27N5/c1-17-10-15-11-18-12-16(19-15)21-8-4-14(5-9-21)13-20-6-2-3-7-20/h11-12,14,17H,2-10,13H2,1H3. The Bertz CT molecular complexity index is 436. The molecule has 0 aromatic carbocycles. The summed E-state index contributed by atoms with van der Waals surface area (Å²) in [6.07, 6.45) is 9.11. The van der Waals surface area contributed by atoms with E-state index in [1.807, 2.05) is 19.4 Å². The van der Waals surface area contributed by atoms with Crippen LogP contribution in [0, 0.1) is 5.92 Å². The molecule has 0 bridgehead atoms. The van der Waals surface area contributed by atoms with Crippen molar-refractivity contribution in [2.24, 2.45) is 5.92 Å². The molecule has 5 nitrogen and oxygen atoms in total. The summed E-state index contributed by atoms with van der Waals surface area (Å²) in [5, 5.41) is 3.14. The van der Waals surface area contributed by atoms with Crippen LogP contribution in [-0.4, -0.2) is 54.6 Å². The maximum atomic E-state index is 4.70. The van der Waals surface area contributed by atoms with Gasteiger partial charge in [0.1, 0.15) is 5.82 Å². The van der Waals surface area contributed by atoms with Crippen LogP contribution in [0.15, 0.2) is 12.4 Å². The molecule has 116 valence electrons. The van der Waals surface area contributed by atoms with Gasteiger partial charge >= 0.3 is 0 Å². The zero-order chi connectivity index (χ0) is 14.5. The number of anilines is 1. The predicted molar refractivity (Wildman–Crippen MR) is 85.4 cm³/mol. The first-order valence-corrected chi connectivity index (χ1v) is 8.28.